The second-order valence-electron chi connectivity index (χ2n) is 11.5. The Morgan fingerprint density at radius 3 is 1.89 bits per heavy atom. The van der Waals surface area contributed by atoms with E-state index in [4.69, 9.17) is 18.9 Å². The van der Waals surface area contributed by atoms with Crippen molar-refractivity contribution in [2.75, 3.05) is 0 Å². The summed E-state index contributed by atoms with van der Waals surface area (Å²) in [6.45, 7) is 17.2. The number of carbonyl (C=O) groups is 4. The highest BCUT2D eigenvalue weighted by molar-refractivity contribution is 5.69. The Kier molecular flexibility index (Phi) is 7.99. The summed E-state index contributed by atoms with van der Waals surface area (Å²) < 4.78 is 23.4. The van der Waals surface area contributed by atoms with Crippen LogP contribution >= 0.6 is 0 Å². The molecule has 2 saturated carbocycles. The van der Waals surface area contributed by atoms with E-state index in [1.165, 1.54) is 27.7 Å². The van der Waals surface area contributed by atoms with Crippen molar-refractivity contribution in [3.8, 4) is 0 Å². The Morgan fingerprint density at radius 1 is 0.838 bits per heavy atom. The number of fused-ring (bicyclic) bond motifs is 3. The normalized spacial score (nSPS) is 36.9. The van der Waals surface area contributed by atoms with Gasteiger partial charge in [-0.3, -0.25) is 19.2 Å². The van der Waals surface area contributed by atoms with Crippen molar-refractivity contribution in [2.24, 2.45) is 22.7 Å². The average molecular weight is 521 g/mol. The first-order valence-corrected chi connectivity index (χ1v) is 12.8. The number of hydrogen-bond donors (Lipinski definition) is 1. The second-order valence-corrected chi connectivity index (χ2v) is 11.5. The van der Waals surface area contributed by atoms with E-state index in [0.717, 1.165) is 11.1 Å². The van der Waals surface area contributed by atoms with Gasteiger partial charge in [-0.2, -0.15) is 0 Å². The van der Waals surface area contributed by atoms with Gasteiger partial charge in [-0.25, -0.2) is 0 Å². The monoisotopic (exact) mass is 520 g/mol. The quantitative estimate of drug-likeness (QED) is 0.337. The largest absolute Gasteiger partial charge is 0.462 e. The van der Waals surface area contributed by atoms with E-state index < -0.39 is 71.1 Å². The number of ether oxygens (including phenoxy) is 4. The van der Waals surface area contributed by atoms with Crippen LogP contribution in [0.25, 0.3) is 0 Å². The molecule has 2 fully saturated rings. The maximum atomic E-state index is 12.5. The Hall–Kier alpha value is -2.68. The summed E-state index contributed by atoms with van der Waals surface area (Å²) >= 11 is 0. The smallest absolute Gasteiger partial charge is 0.303 e. The van der Waals surface area contributed by atoms with Gasteiger partial charge in [0.15, 0.2) is 12.2 Å². The van der Waals surface area contributed by atoms with Gasteiger partial charge in [0, 0.05) is 34.1 Å². The highest BCUT2D eigenvalue weighted by atomic mass is 16.6. The van der Waals surface area contributed by atoms with Crippen LogP contribution < -0.4 is 0 Å². The van der Waals surface area contributed by atoms with E-state index in [9.17, 15) is 24.3 Å². The topological polar surface area (TPSA) is 125 Å². The first-order valence-electron chi connectivity index (χ1n) is 12.8. The van der Waals surface area contributed by atoms with Crippen LogP contribution in [0.15, 0.2) is 23.3 Å². The van der Waals surface area contributed by atoms with Crippen LogP contribution in [0.1, 0.15) is 74.7 Å². The molecule has 0 aromatic carbocycles. The predicted octanol–water partition coefficient (Wildman–Crippen LogP) is 3.42. The summed E-state index contributed by atoms with van der Waals surface area (Å²) in [7, 11) is 0. The molecule has 0 heterocycles. The lowest BCUT2D eigenvalue weighted by atomic mass is 9.49. The fraction of sp³-hybridized carbons (Fsp3) is 0.714. The lowest BCUT2D eigenvalue weighted by molar-refractivity contribution is -0.211. The molecule has 0 aromatic rings. The van der Waals surface area contributed by atoms with E-state index >= 15 is 0 Å². The summed E-state index contributed by atoms with van der Waals surface area (Å²) in [5, 5.41) is 11.0. The number of rotatable bonds is 4. The summed E-state index contributed by atoms with van der Waals surface area (Å²) in [5.74, 6) is -2.70. The summed E-state index contributed by atoms with van der Waals surface area (Å²) in [4.78, 5) is 49.2. The third kappa shape index (κ3) is 5.19. The number of aliphatic hydroxyl groups is 1. The molecule has 0 aliphatic heterocycles. The minimum Gasteiger partial charge on any atom is -0.462 e. The zero-order valence-electron chi connectivity index (χ0n) is 23.1. The fourth-order valence-electron chi connectivity index (χ4n) is 7.01. The summed E-state index contributed by atoms with van der Waals surface area (Å²) in [6, 6.07) is 0. The van der Waals surface area contributed by atoms with Gasteiger partial charge >= 0.3 is 23.9 Å². The molecule has 0 radical (unpaired) electrons. The lowest BCUT2D eigenvalue weighted by Crippen LogP contribution is -2.64. The van der Waals surface area contributed by atoms with Crippen LogP contribution in [0.4, 0.5) is 0 Å². The molecular weight excluding hydrogens is 480 g/mol. The average Bonchev–Trinajstić information content (AvgIpc) is 2.74. The summed E-state index contributed by atoms with van der Waals surface area (Å²) in [6.07, 6.45) is -3.39. The Labute approximate surface area is 218 Å². The van der Waals surface area contributed by atoms with Gasteiger partial charge in [0.25, 0.3) is 0 Å². The molecule has 0 unspecified atom stereocenters. The van der Waals surface area contributed by atoms with Crippen LogP contribution in [0, 0.1) is 22.7 Å². The third-order valence-corrected chi connectivity index (χ3v) is 8.77. The molecular formula is C28H40O9. The molecule has 9 heteroatoms. The molecule has 206 valence electrons. The van der Waals surface area contributed by atoms with Gasteiger partial charge < -0.3 is 24.1 Å². The van der Waals surface area contributed by atoms with Gasteiger partial charge in [0.1, 0.15) is 12.2 Å². The van der Waals surface area contributed by atoms with Crippen LogP contribution in [0.3, 0.4) is 0 Å². The number of carbonyl (C=O) groups excluding carboxylic acids is 4. The maximum Gasteiger partial charge on any atom is 0.303 e. The van der Waals surface area contributed by atoms with Crippen molar-refractivity contribution < 1.29 is 43.2 Å². The van der Waals surface area contributed by atoms with Gasteiger partial charge in [0.05, 0.1) is 11.5 Å². The van der Waals surface area contributed by atoms with Crippen LogP contribution in [-0.2, 0) is 38.1 Å². The van der Waals surface area contributed by atoms with E-state index in [1.807, 2.05) is 27.7 Å². The van der Waals surface area contributed by atoms with Crippen molar-refractivity contribution in [2.45, 2.75) is 105 Å². The molecule has 2 bridgehead atoms. The van der Waals surface area contributed by atoms with E-state index in [1.54, 1.807) is 0 Å². The standard InChI is InChI=1S/C28H40O9/c1-13-20-10-19-11-22(34-15(3)29)14(2)24(27(19,7)8)25(36-17(5)31)26(37-18(6)32)28(20,9)23(12-21(13)33)35-16(4)30/h19-23,25-26,33H,1,10-12H2,2-9H3/t19-,20+,21-,22+,23+,25-,26+,28-/m1/s1. The first-order chi connectivity index (χ1) is 17.0. The molecule has 9 nitrogen and oxygen atoms in total. The van der Waals surface area contributed by atoms with E-state index in [0.29, 0.717) is 18.4 Å². The molecule has 8 atom stereocenters. The molecule has 37 heavy (non-hydrogen) atoms. The highest BCUT2D eigenvalue weighted by Crippen LogP contribution is 2.60. The zero-order chi connectivity index (χ0) is 28.0. The molecule has 1 N–H and O–H groups in total. The number of hydrogen-bond acceptors (Lipinski definition) is 9. The molecule has 0 amide bonds. The molecule has 0 saturated heterocycles. The zero-order valence-corrected chi connectivity index (χ0v) is 23.1. The van der Waals surface area contributed by atoms with Crippen molar-refractivity contribution in [3.05, 3.63) is 23.3 Å². The van der Waals surface area contributed by atoms with Crippen LogP contribution in [-0.4, -0.2) is 59.5 Å². The fourth-order valence-corrected chi connectivity index (χ4v) is 7.01. The van der Waals surface area contributed by atoms with Gasteiger partial charge in [-0.15, -0.1) is 0 Å². The molecule has 3 aliphatic carbocycles. The Bertz CT molecular complexity index is 1020. The van der Waals surface area contributed by atoms with Gasteiger partial charge in [-0.1, -0.05) is 27.4 Å². The Balaban J connectivity index is 2.38. The first kappa shape index (κ1) is 28.9. The highest BCUT2D eigenvalue weighted by Gasteiger charge is 2.64. The van der Waals surface area contributed by atoms with E-state index in [2.05, 4.69) is 6.58 Å². The molecule has 0 aromatic heterocycles. The van der Waals surface area contributed by atoms with Crippen molar-refractivity contribution in [1.82, 2.24) is 0 Å². The third-order valence-electron chi connectivity index (χ3n) is 8.77. The Morgan fingerprint density at radius 2 is 1.38 bits per heavy atom. The molecule has 3 aliphatic rings. The van der Waals surface area contributed by atoms with Gasteiger partial charge in [0.2, 0.25) is 0 Å². The summed E-state index contributed by atoms with van der Waals surface area (Å²) in [5.41, 5.74) is 0.358. The predicted molar refractivity (Wildman–Crippen MR) is 133 cm³/mol. The van der Waals surface area contributed by atoms with Crippen LogP contribution in [0.5, 0.6) is 0 Å². The molecule has 3 rings (SSSR count). The molecule has 0 spiro atoms. The maximum absolute atomic E-state index is 12.5. The minimum atomic E-state index is -1.08. The second kappa shape index (κ2) is 10.2. The van der Waals surface area contributed by atoms with E-state index in [-0.39, 0.29) is 12.3 Å². The minimum absolute atomic E-state index is 0.0676. The number of esters is 4. The van der Waals surface area contributed by atoms with Crippen molar-refractivity contribution in [1.29, 1.82) is 0 Å². The van der Waals surface area contributed by atoms with Gasteiger partial charge in [-0.05, 0) is 53.7 Å². The van der Waals surface area contributed by atoms with Crippen LogP contribution in [0.2, 0.25) is 0 Å². The number of aliphatic hydroxyl groups excluding tert-OH is 1. The van der Waals surface area contributed by atoms with Crippen molar-refractivity contribution >= 4 is 23.9 Å². The lowest BCUT2D eigenvalue weighted by Gasteiger charge is -2.59. The van der Waals surface area contributed by atoms with Crippen molar-refractivity contribution in [3.63, 3.8) is 0 Å². The SMILES string of the molecule is C=C1[C@H](O)C[C@H](OC(C)=O)[C@@]2(C)[C@H]1C[C@@H]1C[C@H](OC(C)=O)C(C)=C([C@@H](OC(C)=O)[C@@H]2OC(C)=O)C1(C)C.